The van der Waals surface area contributed by atoms with E-state index in [2.05, 4.69) is 15.9 Å². The number of halogens is 2. The van der Waals surface area contributed by atoms with Crippen molar-refractivity contribution in [2.24, 2.45) is 0 Å². The van der Waals surface area contributed by atoms with Gasteiger partial charge in [0, 0.05) is 6.54 Å². The van der Waals surface area contributed by atoms with E-state index in [0.29, 0.717) is 0 Å². The van der Waals surface area contributed by atoms with Crippen molar-refractivity contribution in [3.63, 3.8) is 0 Å². The van der Waals surface area contributed by atoms with Gasteiger partial charge in [0.2, 0.25) is 5.91 Å². The second-order valence-electron chi connectivity index (χ2n) is 3.29. The minimum Gasteiger partial charge on any atom is -0.303 e. The van der Waals surface area contributed by atoms with E-state index in [1.807, 2.05) is 13.0 Å². The zero-order valence-corrected chi connectivity index (χ0v) is 10.7. The summed E-state index contributed by atoms with van der Waals surface area (Å²) in [5.41, 5.74) is 1.04. The second-order valence-corrected chi connectivity index (χ2v) is 6.03. The molecule has 1 saturated heterocycles. The van der Waals surface area contributed by atoms with Gasteiger partial charge in [0.1, 0.15) is 0 Å². The van der Waals surface area contributed by atoms with Crippen LogP contribution in [0.2, 0.25) is 4.34 Å². The van der Waals surface area contributed by atoms with Gasteiger partial charge < -0.3 is 4.90 Å². The third-order valence-electron chi connectivity index (χ3n) is 2.25. The van der Waals surface area contributed by atoms with Gasteiger partial charge in [-0.15, -0.1) is 11.3 Å². The molecule has 1 atom stereocenters. The molecule has 1 aromatic heterocycles. The molecule has 76 valence electrons. The Balaban J connectivity index is 2.28. The van der Waals surface area contributed by atoms with Crippen LogP contribution in [0.5, 0.6) is 0 Å². The lowest BCUT2D eigenvalue weighted by molar-refractivity contribution is -0.116. The molecule has 2 nitrogen and oxygen atoms in total. The van der Waals surface area contributed by atoms with Gasteiger partial charge in [-0.2, -0.15) is 0 Å². The summed E-state index contributed by atoms with van der Waals surface area (Å²) in [5.74, 6) is 0.142. The fourth-order valence-electron chi connectivity index (χ4n) is 1.44. The smallest absolute Gasteiger partial charge is 0.241 e. The van der Waals surface area contributed by atoms with Gasteiger partial charge in [-0.3, -0.25) is 4.79 Å². The number of aryl methyl sites for hydroxylation is 1. The molecule has 2 rings (SSSR count). The molecule has 1 unspecified atom stereocenters. The van der Waals surface area contributed by atoms with E-state index in [1.165, 1.54) is 11.3 Å². The molecule has 0 bridgehead atoms. The van der Waals surface area contributed by atoms with E-state index in [4.69, 9.17) is 11.6 Å². The Morgan fingerprint density at radius 3 is 2.86 bits per heavy atom. The van der Waals surface area contributed by atoms with Crippen LogP contribution >= 0.6 is 38.9 Å². The molecule has 0 saturated carbocycles. The molecule has 5 heteroatoms. The van der Waals surface area contributed by atoms with Gasteiger partial charge in [0.25, 0.3) is 0 Å². The number of anilines is 1. The third-order valence-corrected chi connectivity index (χ3v) is 4.68. The average Bonchev–Trinajstić information content (AvgIpc) is 2.61. The largest absolute Gasteiger partial charge is 0.303 e. The van der Waals surface area contributed by atoms with Crippen LogP contribution in [0.25, 0.3) is 0 Å². The molecule has 0 radical (unpaired) electrons. The normalized spacial score (nSPS) is 22.1. The fraction of sp³-hybridized carbons (Fsp3) is 0.444. The van der Waals surface area contributed by atoms with Crippen LogP contribution in [0, 0.1) is 6.92 Å². The molecule has 0 N–H and O–H groups in total. The summed E-state index contributed by atoms with van der Waals surface area (Å²) in [6.45, 7) is 2.74. The SMILES string of the molecule is Cc1cc(N2CCC(Br)C2=O)sc1Cl. The highest BCUT2D eigenvalue weighted by atomic mass is 79.9. The van der Waals surface area contributed by atoms with Crippen LogP contribution in [0.1, 0.15) is 12.0 Å². The van der Waals surface area contributed by atoms with Crippen molar-refractivity contribution >= 4 is 49.8 Å². The number of alkyl halides is 1. The number of carbonyl (C=O) groups excluding carboxylic acids is 1. The number of hydrogen-bond donors (Lipinski definition) is 0. The predicted molar refractivity (Wildman–Crippen MR) is 63.8 cm³/mol. The molecule has 0 aromatic carbocycles. The zero-order valence-electron chi connectivity index (χ0n) is 7.59. The average molecular weight is 295 g/mol. The lowest BCUT2D eigenvalue weighted by Crippen LogP contribution is -2.26. The van der Waals surface area contributed by atoms with Crippen LogP contribution in [-0.4, -0.2) is 17.3 Å². The Morgan fingerprint density at radius 2 is 2.43 bits per heavy atom. The monoisotopic (exact) mass is 293 g/mol. The molecule has 1 fully saturated rings. The van der Waals surface area contributed by atoms with Crippen molar-refractivity contribution in [2.75, 3.05) is 11.4 Å². The van der Waals surface area contributed by atoms with E-state index in [1.54, 1.807) is 4.90 Å². The predicted octanol–water partition coefficient (Wildman–Crippen LogP) is 3.21. The Labute approximate surface area is 100.0 Å². The highest BCUT2D eigenvalue weighted by Gasteiger charge is 2.31. The van der Waals surface area contributed by atoms with Crippen LogP contribution in [0.4, 0.5) is 5.00 Å². The second kappa shape index (κ2) is 3.83. The standard InChI is InChI=1S/C9H9BrClNOS/c1-5-4-7(14-8(5)11)12-3-2-6(10)9(12)13/h4,6H,2-3H2,1H3. The summed E-state index contributed by atoms with van der Waals surface area (Å²) < 4.78 is 0.769. The Bertz CT molecular complexity index is 359. The maximum atomic E-state index is 11.7. The van der Waals surface area contributed by atoms with Crippen LogP contribution < -0.4 is 4.90 Å². The van der Waals surface area contributed by atoms with Crippen LogP contribution in [0.15, 0.2) is 6.07 Å². The quantitative estimate of drug-likeness (QED) is 0.728. The molecule has 1 aliphatic heterocycles. The first-order valence-electron chi connectivity index (χ1n) is 4.31. The number of thiophene rings is 1. The summed E-state index contributed by atoms with van der Waals surface area (Å²) in [6, 6.07) is 1.97. The van der Waals surface area contributed by atoms with Crippen molar-refractivity contribution in [1.29, 1.82) is 0 Å². The van der Waals surface area contributed by atoms with Crippen molar-refractivity contribution in [2.45, 2.75) is 18.2 Å². The van der Waals surface area contributed by atoms with Gasteiger partial charge in [0.05, 0.1) is 14.2 Å². The lowest BCUT2D eigenvalue weighted by Gasteiger charge is -2.12. The summed E-state index contributed by atoms with van der Waals surface area (Å²) >= 11 is 10.8. The maximum absolute atomic E-state index is 11.7. The van der Waals surface area contributed by atoms with E-state index in [9.17, 15) is 4.79 Å². The van der Waals surface area contributed by atoms with Crippen molar-refractivity contribution in [3.8, 4) is 0 Å². The molecule has 1 aromatic rings. The molecule has 1 amide bonds. The third kappa shape index (κ3) is 1.71. The topological polar surface area (TPSA) is 20.3 Å². The van der Waals surface area contributed by atoms with Crippen LogP contribution in [0.3, 0.4) is 0 Å². The van der Waals surface area contributed by atoms with Gasteiger partial charge in [-0.25, -0.2) is 0 Å². The number of rotatable bonds is 1. The first-order chi connectivity index (χ1) is 6.59. The molecular weight excluding hydrogens is 286 g/mol. The first kappa shape index (κ1) is 10.5. The summed E-state index contributed by atoms with van der Waals surface area (Å²) in [6.07, 6.45) is 0.868. The van der Waals surface area contributed by atoms with Gasteiger partial charge in [-0.1, -0.05) is 27.5 Å². The Morgan fingerprint density at radius 1 is 1.71 bits per heavy atom. The Kier molecular flexibility index (Phi) is 2.86. The minimum atomic E-state index is -0.0244. The van der Waals surface area contributed by atoms with Crippen LogP contribution in [-0.2, 0) is 4.79 Å². The summed E-state index contributed by atoms with van der Waals surface area (Å²) in [4.78, 5) is 13.4. The molecule has 0 aliphatic carbocycles. The van der Waals surface area contributed by atoms with E-state index < -0.39 is 0 Å². The maximum Gasteiger partial charge on any atom is 0.241 e. The lowest BCUT2D eigenvalue weighted by atomic mass is 10.4. The first-order valence-corrected chi connectivity index (χ1v) is 6.42. The molecule has 2 heterocycles. The minimum absolute atomic E-state index is 0.0244. The fourth-order valence-corrected chi connectivity index (χ4v) is 3.12. The Hall–Kier alpha value is -0.0600. The van der Waals surface area contributed by atoms with E-state index >= 15 is 0 Å². The number of hydrogen-bond acceptors (Lipinski definition) is 2. The molecule has 0 spiro atoms. The highest BCUT2D eigenvalue weighted by Crippen LogP contribution is 2.36. The summed E-state index contributed by atoms with van der Waals surface area (Å²) in [7, 11) is 0. The number of nitrogens with zero attached hydrogens (tertiary/aromatic N) is 1. The summed E-state index contributed by atoms with van der Waals surface area (Å²) in [5, 5.41) is 0.958. The zero-order chi connectivity index (χ0) is 10.3. The van der Waals surface area contributed by atoms with Gasteiger partial charge in [-0.05, 0) is 25.0 Å². The number of carbonyl (C=O) groups is 1. The van der Waals surface area contributed by atoms with Crippen molar-refractivity contribution < 1.29 is 4.79 Å². The van der Waals surface area contributed by atoms with E-state index in [0.717, 1.165) is 27.9 Å². The number of amides is 1. The van der Waals surface area contributed by atoms with Gasteiger partial charge >= 0.3 is 0 Å². The highest BCUT2D eigenvalue weighted by molar-refractivity contribution is 9.10. The van der Waals surface area contributed by atoms with Gasteiger partial charge in [0.15, 0.2) is 0 Å². The van der Waals surface area contributed by atoms with E-state index in [-0.39, 0.29) is 10.7 Å². The molecule has 1 aliphatic rings. The molecule has 14 heavy (non-hydrogen) atoms. The van der Waals surface area contributed by atoms with Crippen molar-refractivity contribution in [1.82, 2.24) is 0 Å². The van der Waals surface area contributed by atoms with Crippen molar-refractivity contribution in [3.05, 3.63) is 16.0 Å². The molecular formula is C9H9BrClNOS.